The van der Waals surface area contributed by atoms with Crippen LogP contribution in [0.5, 0.6) is 0 Å². The molecule has 0 aliphatic carbocycles. The van der Waals surface area contributed by atoms with Crippen molar-refractivity contribution in [1.29, 1.82) is 0 Å². The van der Waals surface area contributed by atoms with Crippen LogP contribution in [0.15, 0.2) is 48.7 Å². The molecule has 2 aromatic carbocycles. The van der Waals surface area contributed by atoms with E-state index in [-0.39, 0.29) is 11.6 Å². The quantitative estimate of drug-likeness (QED) is 0.699. The van der Waals surface area contributed by atoms with E-state index in [4.69, 9.17) is 0 Å². The first-order valence-corrected chi connectivity index (χ1v) is 5.73. The monoisotopic (exact) mass is 243 g/mol. The largest absolute Gasteiger partial charge is 0.361 e. The number of fused-ring (bicyclic) bond motifs is 1. The lowest BCUT2D eigenvalue weighted by molar-refractivity contribution is 0.614. The highest BCUT2D eigenvalue weighted by molar-refractivity contribution is 5.83. The van der Waals surface area contributed by atoms with Gasteiger partial charge < -0.3 is 4.98 Å². The van der Waals surface area contributed by atoms with Crippen molar-refractivity contribution in [2.75, 3.05) is 0 Å². The van der Waals surface area contributed by atoms with Gasteiger partial charge >= 0.3 is 0 Å². The summed E-state index contributed by atoms with van der Waals surface area (Å²) < 4.78 is 26.8. The zero-order valence-electron chi connectivity index (χ0n) is 9.58. The summed E-state index contributed by atoms with van der Waals surface area (Å²) in [5.74, 6) is -0.514. The molecule has 1 heterocycles. The van der Waals surface area contributed by atoms with Gasteiger partial charge in [-0.15, -0.1) is 0 Å². The maximum atomic E-state index is 13.6. The van der Waals surface area contributed by atoms with E-state index >= 15 is 0 Å². The molecule has 0 spiro atoms. The Balaban J connectivity index is 2.05. The Labute approximate surface area is 103 Å². The van der Waals surface area contributed by atoms with E-state index < -0.39 is 0 Å². The van der Waals surface area contributed by atoms with Crippen molar-refractivity contribution in [3.63, 3.8) is 0 Å². The molecule has 0 radical (unpaired) electrons. The Kier molecular flexibility index (Phi) is 2.59. The zero-order chi connectivity index (χ0) is 12.5. The molecule has 0 unspecified atom stereocenters. The molecule has 90 valence electrons. The molecule has 0 amide bonds. The first kappa shape index (κ1) is 11.0. The molecule has 3 aromatic rings. The Morgan fingerprint density at radius 2 is 1.78 bits per heavy atom. The lowest BCUT2D eigenvalue weighted by Gasteiger charge is -2.02. The summed E-state index contributed by atoms with van der Waals surface area (Å²) in [5, 5.41) is 0.804. The predicted molar refractivity (Wildman–Crippen MR) is 67.5 cm³/mol. The van der Waals surface area contributed by atoms with E-state index in [2.05, 4.69) is 4.98 Å². The van der Waals surface area contributed by atoms with Gasteiger partial charge in [-0.3, -0.25) is 0 Å². The van der Waals surface area contributed by atoms with Crippen molar-refractivity contribution in [1.82, 2.24) is 4.98 Å². The predicted octanol–water partition coefficient (Wildman–Crippen LogP) is 4.04. The minimum absolute atomic E-state index is 0.233. The standard InChI is InChI=1S/C15H11F2N/c16-12-5-6-15-13(8-12)11(9-18-15)7-10-3-1-2-4-14(10)17/h1-6,8-9,18H,7H2. The van der Waals surface area contributed by atoms with Gasteiger partial charge in [0.2, 0.25) is 0 Å². The van der Waals surface area contributed by atoms with Crippen LogP contribution in [-0.4, -0.2) is 4.98 Å². The topological polar surface area (TPSA) is 15.8 Å². The lowest BCUT2D eigenvalue weighted by atomic mass is 10.0. The summed E-state index contributed by atoms with van der Waals surface area (Å²) in [6.45, 7) is 0. The fourth-order valence-electron chi connectivity index (χ4n) is 2.14. The van der Waals surface area contributed by atoms with Gasteiger partial charge in [0.1, 0.15) is 11.6 Å². The molecule has 0 atom stereocenters. The summed E-state index contributed by atoms with van der Waals surface area (Å²) in [7, 11) is 0. The highest BCUT2D eigenvalue weighted by Gasteiger charge is 2.08. The summed E-state index contributed by atoms with van der Waals surface area (Å²) in [6.07, 6.45) is 2.26. The van der Waals surface area contributed by atoms with Gasteiger partial charge in [0.15, 0.2) is 0 Å². The number of rotatable bonds is 2. The zero-order valence-corrected chi connectivity index (χ0v) is 9.58. The third kappa shape index (κ3) is 1.88. The van der Waals surface area contributed by atoms with Crippen LogP contribution in [0.3, 0.4) is 0 Å². The highest BCUT2D eigenvalue weighted by atomic mass is 19.1. The maximum absolute atomic E-state index is 13.6. The van der Waals surface area contributed by atoms with Gasteiger partial charge in [-0.1, -0.05) is 18.2 Å². The van der Waals surface area contributed by atoms with Gasteiger partial charge in [-0.2, -0.15) is 0 Å². The maximum Gasteiger partial charge on any atom is 0.126 e. The molecule has 3 rings (SSSR count). The normalized spacial score (nSPS) is 11.0. The van der Waals surface area contributed by atoms with Crippen molar-refractivity contribution in [2.24, 2.45) is 0 Å². The number of halogens is 2. The fraction of sp³-hybridized carbons (Fsp3) is 0.0667. The number of H-pyrrole nitrogens is 1. The Bertz CT molecular complexity index is 701. The van der Waals surface area contributed by atoms with Crippen LogP contribution in [0.1, 0.15) is 11.1 Å². The number of benzene rings is 2. The fourth-order valence-corrected chi connectivity index (χ4v) is 2.14. The molecule has 0 saturated carbocycles. The van der Waals surface area contributed by atoms with Crippen LogP contribution in [0.25, 0.3) is 10.9 Å². The number of aromatic nitrogens is 1. The van der Waals surface area contributed by atoms with E-state index in [1.54, 1.807) is 30.5 Å². The van der Waals surface area contributed by atoms with Crippen molar-refractivity contribution in [3.8, 4) is 0 Å². The van der Waals surface area contributed by atoms with E-state index in [1.165, 1.54) is 18.2 Å². The van der Waals surface area contributed by atoms with Crippen LogP contribution < -0.4 is 0 Å². The molecule has 1 nitrogen and oxygen atoms in total. The molecule has 0 saturated heterocycles. The van der Waals surface area contributed by atoms with Crippen LogP contribution in [0.4, 0.5) is 8.78 Å². The molecule has 1 N–H and O–H groups in total. The van der Waals surface area contributed by atoms with E-state index in [1.807, 2.05) is 0 Å². The third-order valence-electron chi connectivity index (χ3n) is 3.07. The second kappa shape index (κ2) is 4.26. The first-order chi connectivity index (χ1) is 8.74. The van der Waals surface area contributed by atoms with Gasteiger partial charge in [-0.05, 0) is 35.4 Å². The molecule has 0 aliphatic heterocycles. The molecular formula is C15H11F2N. The molecule has 1 aromatic heterocycles. The van der Waals surface area contributed by atoms with Crippen molar-refractivity contribution in [2.45, 2.75) is 6.42 Å². The van der Waals surface area contributed by atoms with E-state index in [9.17, 15) is 8.78 Å². The summed E-state index contributed by atoms with van der Waals surface area (Å²) in [6, 6.07) is 11.2. The molecule has 0 fully saturated rings. The number of nitrogens with one attached hydrogen (secondary N) is 1. The van der Waals surface area contributed by atoms with Crippen molar-refractivity contribution >= 4 is 10.9 Å². The first-order valence-electron chi connectivity index (χ1n) is 5.73. The van der Waals surface area contributed by atoms with Crippen molar-refractivity contribution < 1.29 is 8.78 Å². The van der Waals surface area contributed by atoms with E-state index in [0.29, 0.717) is 12.0 Å². The summed E-state index contributed by atoms with van der Waals surface area (Å²) in [4.78, 5) is 3.07. The van der Waals surface area contributed by atoms with Gasteiger partial charge in [0, 0.05) is 23.5 Å². The van der Waals surface area contributed by atoms with Crippen LogP contribution in [0.2, 0.25) is 0 Å². The second-order valence-electron chi connectivity index (χ2n) is 4.27. The Morgan fingerprint density at radius 3 is 2.61 bits per heavy atom. The average Bonchev–Trinajstić information content (AvgIpc) is 2.75. The highest BCUT2D eigenvalue weighted by Crippen LogP contribution is 2.22. The Morgan fingerprint density at radius 1 is 0.944 bits per heavy atom. The van der Waals surface area contributed by atoms with Gasteiger partial charge in [0.05, 0.1) is 0 Å². The minimum atomic E-state index is -0.281. The molecule has 3 heteroatoms. The Hall–Kier alpha value is -2.16. The van der Waals surface area contributed by atoms with Crippen LogP contribution in [-0.2, 0) is 6.42 Å². The second-order valence-corrected chi connectivity index (χ2v) is 4.27. The van der Waals surface area contributed by atoms with Crippen LogP contribution >= 0.6 is 0 Å². The van der Waals surface area contributed by atoms with Gasteiger partial charge in [-0.25, -0.2) is 8.78 Å². The molecule has 0 aliphatic rings. The summed E-state index contributed by atoms with van der Waals surface area (Å²) in [5.41, 5.74) is 2.38. The minimum Gasteiger partial charge on any atom is -0.361 e. The summed E-state index contributed by atoms with van der Waals surface area (Å²) >= 11 is 0. The molecule has 18 heavy (non-hydrogen) atoms. The van der Waals surface area contributed by atoms with E-state index in [0.717, 1.165) is 16.5 Å². The average molecular weight is 243 g/mol. The molecule has 0 bridgehead atoms. The number of aromatic amines is 1. The van der Waals surface area contributed by atoms with Crippen molar-refractivity contribution in [3.05, 3.63) is 71.4 Å². The smallest absolute Gasteiger partial charge is 0.126 e. The lowest BCUT2D eigenvalue weighted by Crippen LogP contribution is -1.91. The SMILES string of the molecule is Fc1ccc2[nH]cc(Cc3ccccc3F)c2c1. The third-order valence-corrected chi connectivity index (χ3v) is 3.07. The molecular weight excluding hydrogens is 232 g/mol. The number of hydrogen-bond donors (Lipinski definition) is 1. The van der Waals surface area contributed by atoms with Gasteiger partial charge in [0.25, 0.3) is 0 Å². The number of hydrogen-bond acceptors (Lipinski definition) is 0. The van der Waals surface area contributed by atoms with Crippen LogP contribution in [0, 0.1) is 11.6 Å².